The van der Waals surface area contributed by atoms with Gasteiger partial charge in [0.1, 0.15) is 5.67 Å². The Labute approximate surface area is 113 Å². The van der Waals surface area contributed by atoms with Gasteiger partial charge in [-0.05, 0) is 11.1 Å². The molecule has 2 heteroatoms. The normalized spacial score (nSPS) is 25.8. The molecule has 0 unspecified atom stereocenters. The van der Waals surface area contributed by atoms with Gasteiger partial charge in [-0.2, -0.15) is 0 Å². The van der Waals surface area contributed by atoms with Crippen LogP contribution in [-0.4, -0.2) is 6.10 Å². The molecule has 98 valence electrons. The summed E-state index contributed by atoms with van der Waals surface area (Å²) in [5.41, 5.74) is 0.718. The number of hydrogen-bond acceptors (Lipinski definition) is 1. The van der Waals surface area contributed by atoms with Crippen LogP contribution in [0.1, 0.15) is 24.0 Å². The lowest BCUT2D eigenvalue weighted by Crippen LogP contribution is -2.42. The molecule has 3 rings (SSSR count). The predicted molar refractivity (Wildman–Crippen MR) is 73.5 cm³/mol. The summed E-state index contributed by atoms with van der Waals surface area (Å²) in [6.07, 6.45) is 0.957. The van der Waals surface area contributed by atoms with E-state index >= 15 is 0 Å². The van der Waals surface area contributed by atoms with Gasteiger partial charge < -0.3 is 4.74 Å². The number of hydrogen-bond donors (Lipinski definition) is 0. The highest BCUT2D eigenvalue weighted by Gasteiger charge is 2.46. The van der Waals surface area contributed by atoms with Crippen LogP contribution in [0.15, 0.2) is 60.7 Å². The molecular weight excluding hydrogens is 239 g/mol. The van der Waals surface area contributed by atoms with Crippen molar-refractivity contribution in [3.05, 3.63) is 71.8 Å². The van der Waals surface area contributed by atoms with Crippen molar-refractivity contribution in [2.45, 2.75) is 31.2 Å². The second-order valence-corrected chi connectivity index (χ2v) is 5.16. The van der Waals surface area contributed by atoms with Gasteiger partial charge in [0.2, 0.25) is 0 Å². The van der Waals surface area contributed by atoms with Crippen molar-refractivity contribution in [2.24, 2.45) is 0 Å². The van der Waals surface area contributed by atoms with E-state index in [-0.39, 0.29) is 6.10 Å². The third-order valence-electron chi connectivity index (χ3n) is 3.72. The van der Waals surface area contributed by atoms with Crippen LogP contribution < -0.4 is 0 Å². The molecule has 0 aromatic heterocycles. The van der Waals surface area contributed by atoms with Gasteiger partial charge in [0.25, 0.3) is 0 Å². The average Bonchev–Trinajstić information content (AvgIpc) is 2.44. The molecule has 0 saturated heterocycles. The maximum absolute atomic E-state index is 14.5. The number of rotatable bonds is 4. The summed E-state index contributed by atoms with van der Waals surface area (Å²) in [6, 6.07) is 19.4. The van der Waals surface area contributed by atoms with Crippen LogP contribution in [0.25, 0.3) is 0 Å². The van der Waals surface area contributed by atoms with Crippen molar-refractivity contribution in [1.82, 2.24) is 0 Å². The molecule has 1 saturated carbocycles. The lowest BCUT2D eigenvalue weighted by atomic mass is 9.74. The van der Waals surface area contributed by atoms with E-state index in [1.165, 1.54) is 0 Å². The van der Waals surface area contributed by atoms with Gasteiger partial charge in [-0.25, -0.2) is 4.39 Å². The summed E-state index contributed by atoms with van der Waals surface area (Å²) in [5.74, 6) is 0. The van der Waals surface area contributed by atoms with Gasteiger partial charge in [-0.15, -0.1) is 0 Å². The fourth-order valence-corrected chi connectivity index (χ4v) is 2.54. The highest BCUT2D eigenvalue weighted by molar-refractivity contribution is 5.26. The molecule has 0 aliphatic heterocycles. The quantitative estimate of drug-likeness (QED) is 0.795. The third kappa shape index (κ3) is 2.69. The first kappa shape index (κ1) is 12.4. The first-order valence-corrected chi connectivity index (χ1v) is 6.66. The number of benzene rings is 2. The zero-order chi connectivity index (χ0) is 13.1. The Hall–Kier alpha value is -1.67. The predicted octanol–water partition coefficient (Wildman–Crippen LogP) is 4.23. The first-order valence-electron chi connectivity index (χ1n) is 6.66. The van der Waals surface area contributed by atoms with E-state index in [4.69, 9.17) is 4.74 Å². The Morgan fingerprint density at radius 1 is 0.947 bits per heavy atom. The Balaban J connectivity index is 1.53. The monoisotopic (exact) mass is 256 g/mol. The molecule has 1 aliphatic rings. The molecule has 0 bridgehead atoms. The van der Waals surface area contributed by atoms with Crippen LogP contribution in [0.5, 0.6) is 0 Å². The molecule has 1 nitrogen and oxygen atoms in total. The molecule has 2 aromatic carbocycles. The molecule has 0 N–H and O–H groups in total. The lowest BCUT2D eigenvalue weighted by molar-refractivity contribution is -0.107. The minimum Gasteiger partial charge on any atom is -0.373 e. The zero-order valence-electron chi connectivity index (χ0n) is 10.8. The fourth-order valence-electron chi connectivity index (χ4n) is 2.54. The summed E-state index contributed by atoms with van der Waals surface area (Å²) in [5, 5.41) is 0. The Morgan fingerprint density at radius 3 is 2.16 bits per heavy atom. The minimum atomic E-state index is -1.19. The van der Waals surface area contributed by atoms with Crippen LogP contribution in [0.4, 0.5) is 4.39 Å². The highest BCUT2D eigenvalue weighted by Crippen LogP contribution is 2.46. The molecule has 0 spiro atoms. The molecule has 0 radical (unpaired) electrons. The summed E-state index contributed by atoms with van der Waals surface area (Å²) < 4.78 is 20.3. The topological polar surface area (TPSA) is 9.23 Å². The van der Waals surface area contributed by atoms with Crippen molar-refractivity contribution < 1.29 is 9.13 Å². The Bertz CT molecular complexity index is 517. The van der Waals surface area contributed by atoms with E-state index in [9.17, 15) is 4.39 Å². The van der Waals surface area contributed by atoms with Gasteiger partial charge in [0.05, 0.1) is 12.7 Å². The Morgan fingerprint density at radius 2 is 1.53 bits per heavy atom. The van der Waals surface area contributed by atoms with Crippen LogP contribution in [0, 0.1) is 0 Å². The molecule has 19 heavy (non-hydrogen) atoms. The lowest BCUT2D eigenvalue weighted by Gasteiger charge is -2.41. The molecular formula is C17H17FO. The highest BCUT2D eigenvalue weighted by atomic mass is 19.1. The van der Waals surface area contributed by atoms with Crippen LogP contribution in [0.3, 0.4) is 0 Å². The number of ether oxygens (including phenoxy) is 1. The second-order valence-electron chi connectivity index (χ2n) is 5.16. The zero-order valence-corrected chi connectivity index (χ0v) is 10.8. The number of halogens is 1. The van der Waals surface area contributed by atoms with Crippen LogP contribution >= 0.6 is 0 Å². The van der Waals surface area contributed by atoms with Crippen LogP contribution in [-0.2, 0) is 17.0 Å². The summed E-state index contributed by atoms with van der Waals surface area (Å²) in [7, 11) is 0. The SMILES string of the molecule is FC1(c2ccccc2)CC(OCc2ccccc2)C1. The van der Waals surface area contributed by atoms with E-state index < -0.39 is 5.67 Å². The molecule has 2 aromatic rings. The van der Waals surface area contributed by atoms with Crippen molar-refractivity contribution in [3.63, 3.8) is 0 Å². The van der Waals surface area contributed by atoms with Gasteiger partial charge >= 0.3 is 0 Å². The van der Waals surface area contributed by atoms with Crippen molar-refractivity contribution in [3.8, 4) is 0 Å². The smallest absolute Gasteiger partial charge is 0.140 e. The Kier molecular flexibility index (Phi) is 3.34. The van der Waals surface area contributed by atoms with Gasteiger partial charge in [0, 0.05) is 12.8 Å². The van der Waals surface area contributed by atoms with Crippen molar-refractivity contribution in [1.29, 1.82) is 0 Å². The first-order chi connectivity index (χ1) is 9.26. The maximum atomic E-state index is 14.5. The minimum absolute atomic E-state index is 0.0328. The summed E-state index contributed by atoms with van der Waals surface area (Å²) in [4.78, 5) is 0. The second kappa shape index (κ2) is 5.14. The fraction of sp³-hybridized carbons (Fsp3) is 0.294. The van der Waals surface area contributed by atoms with E-state index in [1.807, 2.05) is 60.7 Å². The standard InChI is InChI=1S/C17H17FO/c18-17(15-9-5-2-6-10-15)11-16(12-17)19-13-14-7-3-1-4-8-14/h1-10,16H,11-13H2. The van der Waals surface area contributed by atoms with Gasteiger partial charge in [-0.1, -0.05) is 60.7 Å². The summed E-state index contributed by atoms with van der Waals surface area (Å²) >= 11 is 0. The van der Waals surface area contributed by atoms with Crippen molar-refractivity contribution in [2.75, 3.05) is 0 Å². The molecule has 0 heterocycles. The largest absolute Gasteiger partial charge is 0.373 e. The van der Waals surface area contributed by atoms with Crippen LogP contribution in [0.2, 0.25) is 0 Å². The van der Waals surface area contributed by atoms with Gasteiger partial charge in [-0.3, -0.25) is 0 Å². The van der Waals surface area contributed by atoms with E-state index in [0.29, 0.717) is 19.4 Å². The van der Waals surface area contributed by atoms with Gasteiger partial charge in [0.15, 0.2) is 0 Å². The molecule has 1 fully saturated rings. The number of alkyl halides is 1. The van der Waals surface area contributed by atoms with Crippen molar-refractivity contribution >= 4 is 0 Å². The average molecular weight is 256 g/mol. The molecule has 0 amide bonds. The maximum Gasteiger partial charge on any atom is 0.140 e. The molecule has 0 atom stereocenters. The summed E-state index contributed by atoms with van der Waals surface area (Å²) in [6.45, 7) is 0.566. The third-order valence-corrected chi connectivity index (χ3v) is 3.72. The van der Waals surface area contributed by atoms with E-state index in [0.717, 1.165) is 11.1 Å². The van der Waals surface area contributed by atoms with E-state index in [2.05, 4.69) is 0 Å². The van der Waals surface area contributed by atoms with E-state index in [1.54, 1.807) is 0 Å². The molecule has 1 aliphatic carbocycles.